The van der Waals surface area contributed by atoms with Crippen molar-refractivity contribution in [2.24, 2.45) is 0 Å². The number of hydrogen-bond donors (Lipinski definition) is 0. The van der Waals surface area contributed by atoms with Crippen LogP contribution >= 0.6 is 11.3 Å². The van der Waals surface area contributed by atoms with E-state index >= 15 is 0 Å². The molecule has 3 nitrogen and oxygen atoms in total. The average molecular weight is 667 g/mol. The summed E-state index contributed by atoms with van der Waals surface area (Å²) >= 11 is 1.87. The van der Waals surface area contributed by atoms with Gasteiger partial charge in [-0.15, -0.1) is 11.3 Å². The standard InChI is InChI=1S/C47H26N2OS/c1-3-17-32-29(14-1)30-15-2-4-18-33(30)42-41(32)35-19-5-8-21-37(35)48-45(42)27-12-11-13-28(26-27)49-38-25-24-34-31-16-7-10-23-40(31)51-46(34)44(38)43-36-20-6-9-22-39(36)50-47(43)49/h1-26H. The minimum absolute atomic E-state index is 0.862. The Morgan fingerprint density at radius 2 is 1.14 bits per heavy atom. The van der Waals surface area contributed by atoms with Crippen molar-refractivity contribution < 1.29 is 4.42 Å². The van der Waals surface area contributed by atoms with Crippen LogP contribution in [0.15, 0.2) is 162 Å². The maximum atomic E-state index is 6.78. The lowest BCUT2D eigenvalue weighted by Crippen LogP contribution is -1.96. The number of hydrogen-bond acceptors (Lipinski definition) is 3. The fourth-order valence-corrected chi connectivity index (χ4v) is 9.88. The summed E-state index contributed by atoms with van der Waals surface area (Å²) in [7, 11) is 0. The van der Waals surface area contributed by atoms with Crippen molar-refractivity contribution in [2.45, 2.75) is 0 Å². The number of fused-ring (bicyclic) bond motifs is 17. The van der Waals surface area contributed by atoms with Gasteiger partial charge in [0.1, 0.15) is 5.58 Å². The van der Waals surface area contributed by atoms with Gasteiger partial charge in [0, 0.05) is 58.4 Å². The monoisotopic (exact) mass is 666 g/mol. The molecule has 0 amide bonds. The van der Waals surface area contributed by atoms with Crippen LogP contribution in [0.1, 0.15) is 0 Å². The number of pyridine rings is 1. The number of benzene rings is 8. The molecule has 0 unspecified atom stereocenters. The molecule has 0 aliphatic rings. The van der Waals surface area contributed by atoms with Gasteiger partial charge in [-0.3, -0.25) is 4.57 Å². The molecule has 0 bridgehead atoms. The van der Waals surface area contributed by atoms with Gasteiger partial charge in [-0.2, -0.15) is 0 Å². The third-order valence-corrected chi connectivity index (χ3v) is 12.0. The van der Waals surface area contributed by atoms with Gasteiger partial charge in [0.2, 0.25) is 5.71 Å². The Labute approximate surface area is 295 Å². The molecule has 8 aromatic carbocycles. The van der Waals surface area contributed by atoms with Crippen molar-refractivity contribution in [1.29, 1.82) is 0 Å². The second kappa shape index (κ2) is 10.0. The Hall–Kier alpha value is -6.49. The van der Waals surface area contributed by atoms with Crippen molar-refractivity contribution in [3.8, 4) is 16.9 Å². The van der Waals surface area contributed by atoms with Crippen molar-refractivity contribution in [2.75, 3.05) is 0 Å². The average Bonchev–Trinajstić information content (AvgIpc) is 3.86. The van der Waals surface area contributed by atoms with Gasteiger partial charge in [0.15, 0.2) is 0 Å². The zero-order chi connectivity index (χ0) is 33.2. The summed E-state index contributed by atoms with van der Waals surface area (Å²) in [5, 5.41) is 14.7. The van der Waals surface area contributed by atoms with E-state index in [1.54, 1.807) is 0 Å². The van der Waals surface area contributed by atoms with Gasteiger partial charge >= 0.3 is 0 Å². The van der Waals surface area contributed by atoms with Gasteiger partial charge in [-0.05, 0) is 57.9 Å². The molecule has 0 N–H and O–H groups in total. The molecule has 0 aliphatic heterocycles. The third kappa shape index (κ3) is 3.64. The molecule has 0 saturated carbocycles. The first kappa shape index (κ1) is 27.3. The second-order valence-electron chi connectivity index (χ2n) is 13.4. The minimum atomic E-state index is 0.862. The lowest BCUT2D eigenvalue weighted by molar-refractivity contribution is 0.645. The largest absolute Gasteiger partial charge is 0.439 e. The molecule has 0 fully saturated rings. The van der Waals surface area contributed by atoms with Crippen LogP contribution in [0.4, 0.5) is 0 Å². The smallest absolute Gasteiger partial charge is 0.213 e. The molecule has 0 atom stereocenters. The van der Waals surface area contributed by atoms with Crippen LogP contribution in [0.25, 0.3) is 113 Å². The Morgan fingerprint density at radius 3 is 1.96 bits per heavy atom. The highest BCUT2D eigenvalue weighted by Crippen LogP contribution is 2.47. The van der Waals surface area contributed by atoms with Crippen LogP contribution in [0, 0.1) is 0 Å². The van der Waals surface area contributed by atoms with Crippen LogP contribution in [0.5, 0.6) is 0 Å². The minimum Gasteiger partial charge on any atom is -0.439 e. The van der Waals surface area contributed by atoms with Gasteiger partial charge in [0.25, 0.3) is 0 Å². The van der Waals surface area contributed by atoms with Crippen molar-refractivity contribution >= 4 is 108 Å². The summed E-state index contributed by atoms with van der Waals surface area (Å²) in [6, 6.07) is 56.7. The van der Waals surface area contributed by atoms with Gasteiger partial charge in [-0.25, -0.2) is 4.98 Å². The van der Waals surface area contributed by atoms with E-state index < -0.39 is 0 Å². The Balaban J connectivity index is 1.21. The highest BCUT2D eigenvalue weighted by atomic mass is 32.1. The molecular weight excluding hydrogens is 641 g/mol. The van der Waals surface area contributed by atoms with Crippen LogP contribution in [-0.2, 0) is 0 Å². The first-order chi connectivity index (χ1) is 25.3. The van der Waals surface area contributed by atoms with Crippen LogP contribution in [-0.4, -0.2) is 9.55 Å². The molecule has 4 aromatic heterocycles. The summed E-state index contributed by atoms with van der Waals surface area (Å²) in [4.78, 5) is 5.45. The molecular formula is C47H26N2OS. The van der Waals surface area contributed by atoms with Crippen LogP contribution in [0.3, 0.4) is 0 Å². The second-order valence-corrected chi connectivity index (χ2v) is 14.5. The molecule has 0 aliphatic carbocycles. The van der Waals surface area contributed by atoms with E-state index in [1.807, 2.05) is 11.3 Å². The number of aromatic nitrogens is 2. The third-order valence-electron chi connectivity index (χ3n) is 10.7. The number of para-hydroxylation sites is 2. The van der Waals surface area contributed by atoms with Crippen molar-refractivity contribution in [3.63, 3.8) is 0 Å². The lowest BCUT2D eigenvalue weighted by atomic mass is 9.90. The number of rotatable bonds is 2. The van der Waals surface area contributed by atoms with E-state index in [2.05, 4.69) is 162 Å². The summed E-state index contributed by atoms with van der Waals surface area (Å²) in [6.07, 6.45) is 0. The molecule has 0 spiro atoms. The van der Waals surface area contributed by atoms with Crippen LogP contribution in [0.2, 0.25) is 0 Å². The topological polar surface area (TPSA) is 31.0 Å². The molecule has 12 aromatic rings. The Bertz CT molecular complexity index is 3440. The van der Waals surface area contributed by atoms with Gasteiger partial charge in [-0.1, -0.05) is 121 Å². The predicted octanol–water partition coefficient (Wildman–Crippen LogP) is 13.6. The van der Waals surface area contributed by atoms with E-state index in [1.165, 1.54) is 63.3 Å². The van der Waals surface area contributed by atoms with E-state index in [9.17, 15) is 0 Å². The summed E-state index contributed by atoms with van der Waals surface area (Å²) < 4.78 is 11.7. The maximum absolute atomic E-state index is 6.78. The van der Waals surface area contributed by atoms with Crippen molar-refractivity contribution in [3.05, 3.63) is 158 Å². The van der Waals surface area contributed by atoms with Crippen molar-refractivity contribution in [1.82, 2.24) is 9.55 Å². The van der Waals surface area contributed by atoms with E-state index in [0.29, 0.717) is 0 Å². The molecule has 4 heterocycles. The molecule has 12 rings (SSSR count). The zero-order valence-electron chi connectivity index (χ0n) is 27.2. The fourth-order valence-electron chi connectivity index (χ4n) is 8.63. The highest BCUT2D eigenvalue weighted by molar-refractivity contribution is 7.26. The number of thiophene rings is 1. The summed E-state index contributed by atoms with van der Waals surface area (Å²) in [5.74, 6) is 0. The fraction of sp³-hybridized carbons (Fsp3) is 0. The Morgan fingerprint density at radius 1 is 0.471 bits per heavy atom. The zero-order valence-corrected chi connectivity index (χ0v) is 28.0. The predicted molar refractivity (Wildman–Crippen MR) is 217 cm³/mol. The Kier molecular flexibility index (Phi) is 5.38. The maximum Gasteiger partial charge on any atom is 0.213 e. The first-order valence-electron chi connectivity index (χ1n) is 17.3. The van der Waals surface area contributed by atoms with Crippen LogP contribution < -0.4 is 0 Å². The molecule has 0 radical (unpaired) electrons. The van der Waals surface area contributed by atoms with E-state index in [0.717, 1.165) is 50.0 Å². The normalized spacial score (nSPS) is 12.3. The first-order valence-corrected chi connectivity index (χ1v) is 18.1. The molecule has 0 saturated heterocycles. The number of furan rings is 1. The summed E-state index contributed by atoms with van der Waals surface area (Å²) in [5.41, 5.74) is 6.98. The van der Waals surface area contributed by atoms with E-state index in [-0.39, 0.29) is 0 Å². The molecule has 51 heavy (non-hydrogen) atoms. The van der Waals surface area contributed by atoms with E-state index in [4.69, 9.17) is 9.40 Å². The molecule has 4 heteroatoms. The SMILES string of the molecule is c1cc(-c2nc3ccccc3c3c4ccccc4c4ccccc4c23)cc(-n2c3ccc4c5ccccc5sc4c3c3c4ccccc4oc32)c1. The highest BCUT2D eigenvalue weighted by Gasteiger charge is 2.24. The quantitative estimate of drug-likeness (QED) is 0.172. The van der Waals surface area contributed by atoms with Gasteiger partial charge < -0.3 is 4.42 Å². The summed E-state index contributed by atoms with van der Waals surface area (Å²) in [6.45, 7) is 0. The van der Waals surface area contributed by atoms with Gasteiger partial charge in [0.05, 0.1) is 22.1 Å². The number of nitrogens with zero attached hydrogens (tertiary/aromatic N) is 2. The lowest BCUT2D eigenvalue weighted by Gasteiger charge is -2.17. The molecule has 236 valence electrons.